The average Bonchev–Trinajstić information content (AvgIpc) is 3.05. The van der Waals surface area contributed by atoms with E-state index in [-0.39, 0.29) is 12.4 Å². The van der Waals surface area contributed by atoms with Gasteiger partial charge in [-0.1, -0.05) is 60.7 Å². The minimum atomic E-state index is -0.404. The number of benzene rings is 3. The molecule has 0 aromatic heterocycles. The van der Waals surface area contributed by atoms with Gasteiger partial charge in [0.05, 0.1) is 19.2 Å². The number of likely N-dealkylation sites (N-methyl/N-ethyl adjacent to an activating group) is 1. The number of para-hydroxylation sites is 1. The molecule has 0 N–H and O–H groups in total. The largest absolute Gasteiger partial charge is 0.496 e. The van der Waals surface area contributed by atoms with Crippen molar-refractivity contribution in [2.45, 2.75) is 13.1 Å². The molecule has 0 aliphatic carbocycles. The summed E-state index contributed by atoms with van der Waals surface area (Å²) in [5, 5.41) is 0. The van der Waals surface area contributed by atoms with Gasteiger partial charge in [0.25, 0.3) is 11.8 Å². The van der Waals surface area contributed by atoms with E-state index in [1.54, 1.807) is 42.3 Å². The van der Waals surface area contributed by atoms with Gasteiger partial charge in [-0.15, -0.1) is 0 Å². The van der Waals surface area contributed by atoms with Crippen LogP contribution in [-0.2, 0) is 22.7 Å². The summed E-state index contributed by atoms with van der Waals surface area (Å²) >= 11 is 0. The lowest BCUT2D eigenvalue weighted by Crippen LogP contribution is -2.33. The molecule has 0 radical (unpaired) electrons. The van der Waals surface area contributed by atoms with Gasteiger partial charge >= 0.3 is 0 Å². The van der Waals surface area contributed by atoms with Gasteiger partial charge in [-0.05, 0) is 29.3 Å². The number of amides is 2. The average molecular weight is 430 g/mol. The number of rotatable bonds is 7. The number of nitrogens with zero attached hydrogens (tertiary/aromatic N) is 2. The second-order valence-electron chi connectivity index (χ2n) is 7.59. The molecule has 0 spiro atoms. The highest BCUT2D eigenvalue weighted by Crippen LogP contribution is 2.36. The summed E-state index contributed by atoms with van der Waals surface area (Å²) in [6.07, 6.45) is 0. The van der Waals surface area contributed by atoms with Crippen LogP contribution in [0.2, 0.25) is 0 Å². The van der Waals surface area contributed by atoms with E-state index in [4.69, 9.17) is 4.74 Å². The minimum Gasteiger partial charge on any atom is -0.496 e. The van der Waals surface area contributed by atoms with Gasteiger partial charge < -0.3 is 9.64 Å². The number of methoxy groups -OCH3 is 1. The first kappa shape index (κ1) is 21.3. The summed E-state index contributed by atoms with van der Waals surface area (Å²) in [7, 11) is 3.33. The van der Waals surface area contributed by atoms with Crippen molar-refractivity contribution in [3.8, 4) is 5.75 Å². The van der Waals surface area contributed by atoms with E-state index in [0.717, 1.165) is 5.56 Å². The van der Waals surface area contributed by atoms with Crippen LogP contribution in [0.4, 0.5) is 4.39 Å². The van der Waals surface area contributed by atoms with Crippen LogP contribution in [0, 0.1) is 5.82 Å². The molecule has 1 aliphatic rings. The van der Waals surface area contributed by atoms with Crippen LogP contribution >= 0.6 is 0 Å². The normalized spacial score (nSPS) is 13.7. The Balaban J connectivity index is 1.76. The Morgan fingerprint density at radius 1 is 0.844 bits per heavy atom. The zero-order valence-electron chi connectivity index (χ0n) is 17.9. The molecule has 32 heavy (non-hydrogen) atoms. The summed E-state index contributed by atoms with van der Waals surface area (Å²) < 4.78 is 18.8. The van der Waals surface area contributed by atoms with E-state index in [2.05, 4.69) is 0 Å². The molecule has 0 saturated carbocycles. The monoisotopic (exact) mass is 430 g/mol. The van der Waals surface area contributed by atoms with Gasteiger partial charge in [-0.25, -0.2) is 4.39 Å². The zero-order chi connectivity index (χ0) is 22.7. The van der Waals surface area contributed by atoms with Gasteiger partial charge in [-0.2, -0.15) is 0 Å². The molecule has 1 heterocycles. The van der Waals surface area contributed by atoms with E-state index in [0.29, 0.717) is 34.7 Å². The van der Waals surface area contributed by atoms with Crippen molar-refractivity contribution in [1.82, 2.24) is 9.80 Å². The lowest BCUT2D eigenvalue weighted by molar-refractivity contribution is -0.138. The molecule has 5 nitrogen and oxygen atoms in total. The lowest BCUT2D eigenvalue weighted by atomic mass is 10.0. The molecule has 0 saturated heterocycles. The fourth-order valence-corrected chi connectivity index (χ4v) is 3.86. The number of halogens is 1. The van der Waals surface area contributed by atoms with Crippen LogP contribution in [0.5, 0.6) is 5.75 Å². The predicted octanol–water partition coefficient (Wildman–Crippen LogP) is 4.25. The third-order valence-electron chi connectivity index (χ3n) is 5.42. The number of carbonyl (C=O) groups is 2. The Kier molecular flexibility index (Phi) is 6.03. The standard InChI is InChI=1S/C26H23FN2O3/c1-28(16-18-8-4-3-5-9-18)24-23(21-10-6-7-11-22(21)32-2)25(30)29(26(24)31)17-19-12-14-20(27)15-13-19/h3-15H,16-17H2,1-2H3. The number of hydrogen-bond donors (Lipinski definition) is 0. The molecular weight excluding hydrogens is 407 g/mol. The van der Waals surface area contributed by atoms with Crippen molar-refractivity contribution in [2.75, 3.05) is 14.2 Å². The highest BCUT2D eigenvalue weighted by Gasteiger charge is 2.41. The van der Waals surface area contributed by atoms with Crippen molar-refractivity contribution in [2.24, 2.45) is 0 Å². The Hall–Kier alpha value is -3.93. The summed E-state index contributed by atoms with van der Waals surface area (Å²) in [6, 6.07) is 22.7. The number of carbonyl (C=O) groups excluding carboxylic acids is 2. The molecule has 6 heteroatoms. The van der Waals surface area contributed by atoms with E-state index >= 15 is 0 Å². The summed E-state index contributed by atoms with van der Waals surface area (Å²) in [5.41, 5.74) is 2.85. The van der Waals surface area contributed by atoms with Crippen molar-refractivity contribution in [1.29, 1.82) is 0 Å². The fraction of sp³-hybridized carbons (Fsp3) is 0.154. The quantitative estimate of drug-likeness (QED) is 0.526. The third-order valence-corrected chi connectivity index (χ3v) is 5.42. The highest BCUT2D eigenvalue weighted by atomic mass is 19.1. The minimum absolute atomic E-state index is 0.0548. The number of hydrogen-bond acceptors (Lipinski definition) is 4. The van der Waals surface area contributed by atoms with E-state index in [9.17, 15) is 14.0 Å². The Morgan fingerprint density at radius 3 is 2.19 bits per heavy atom. The second kappa shape index (κ2) is 9.06. The molecule has 0 atom stereocenters. The number of ether oxygens (including phenoxy) is 1. The second-order valence-corrected chi connectivity index (χ2v) is 7.59. The van der Waals surface area contributed by atoms with E-state index in [1.807, 2.05) is 36.4 Å². The third kappa shape index (κ3) is 4.12. The lowest BCUT2D eigenvalue weighted by Gasteiger charge is -2.22. The first-order valence-corrected chi connectivity index (χ1v) is 10.2. The van der Waals surface area contributed by atoms with Crippen LogP contribution < -0.4 is 4.74 Å². The molecule has 4 rings (SSSR count). The van der Waals surface area contributed by atoms with Gasteiger partial charge in [-0.3, -0.25) is 14.5 Å². The van der Waals surface area contributed by atoms with Crippen molar-refractivity contribution >= 4 is 17.4 Å². The number of imide groups is 1. The molecule has 0 fully saturated rings. The molecule has 0 unspecified atom stereocenters. The summed E-state index contributed by atoms with van der Waals surface area (Å²) in [4.78, 5) is 30.0. The Morgan fingerprint density at radius 2 is 1.50 bits per heavy atom. The van der Waals surface area contributed by atoms with Crippen LogP contribution in [-0.4, -0.2) is 35.8 Å². The smallest absolute Gasteiger partial charge is 0.278 e. The Labute approximate surface area is 186 Å². The van der Waals surface area contributed by atoms with Crippen LogP contribution in [0.25, 0.3) is 5.57 Å². The maximum atomic E-state index is 13.5. The van der Waals surface area contributed by atoms with Gasteiger partial charge in [0.15, 0.2) is 0 Å². The topological polar surface area (TPSA) is 49.9 Å². The molecule has 3 aromatic carbocycles. The SMILES string of the molecule is COc1ccccc1C1=C(N(C)Cc2ccccc2)C(=O)N(Cc2ccc(F)cc2)C1=O. The van der Waals surface area contributed by atoms with Crippen molar-refractivity contribution in [3.63, 3.8) is 0 Å². The molecule has 1 aliphatic heterocycles. The maximum Gasteiger partial charge on any atom is 0.278 e. The maximum absolute atomic E-state index is 13.5. The van der Waals surface area contributed by atoms with Crippen LogP contribution in [0.3, 0.4) is 0 Å². The first-order valence-electron chi connectivity index (χ1n) is 10.2. The van der Waals surface area contributed by atoms with Gasteiger partial charge in [0.2, 0.25) is 0 Å². The van der Waals surface area contributed by atoms with E-state index in [1.165, 1.54) is 24.1 Å². The van der Waals surface area contributed by atoms with Gasteiger partial charge in [0.1, 0.15) is 17.3 Å². The fourth-order valence-electron chi connectivity index (χ4n) is 3.86. The first-order chi connectivity index (χ1) is 15.5. The molecular formula is C26H23FN2O3. The van der Waals surface area contributed by atoms with Gasteiger partial charge in [0, 0.05) is 19.2 Å². The predicted molar refractivity (Wildman–Crippen MR) is 120 cm³/mol. The van der Waals surface area contributed by atoms with Crippen LogP contribution in [0.15, 0.2) is 84.6 Å². The summed E-state index contributed by atoms with van der Waals surface area (Å²) in [6.45, 7) is 0.511. The van der Waals surface area contributed by atoms with Crippen molar-refractivity contribution in [3.05, 3.63) is 107 Å². The zero-order valence-corrected chi connectivity index (χ0v) is 17.9. The summed E-state index contributed by atoms with van der Waals surface area (Å²) in [5.74, 6) is -0.653. The molecule has 2 amide bonds. The molecule has 0 bridgehead atoms. The molecule has 162 valence electrons. The van der Waals surface area contributed by atoms with E-state index < -0.39 is 11.8 Å². The van der Waals surface area contributed by atoms with Crippen LogP contribution in [0.1, 0.15) is 16.7 Å². The molecule has 3 aromatic rings. The highest BCUT2D eigenvalue weighted by molar-refractivity contribution is 6.35. The Bertz CT molecular complexity index is 1170. The van der Waals surface area contributed by atoms with Crippen molar-refractivity contribution < 1.29 is 18.7 Å².